The average Bonchev–Trinajstić information content (AvgIpc) is 3.40. The number of nitrogens with one attached hydrogen (secondary N) is 1. The highest BCUT2D eigenvalue weighted by molar-refractivity contribution is 7.13. The quantitative estimate of drug-likeness (QED) is 0.675. The molecule has 3 aromatic heterocycles. The summed E-state index contributed by atoms with van der Waals surface area (Å²) in [6.45, 7) is 4.15. The fourth-order valence-electron chi connectivity index (χ4n) is 3.85. The Morgan fingerprint density at radius 2 is 2.31 bits per heavy atom. The first-order chi connectivity index (χ1) is 14.1. The lowest BCUT2D eigenvalue weighted by atomic mass is 9.96. The predicted molar refractivity (Wildman–Crippen MR) is 113 cm³/mol. The molecular weight excluding hydrogens is 386 g/mol. The van der Waals surface area contributed by atoms with Crippen LogP contribution < -0.4 is 5.56 Å². The minimum absolute atomic E-state index is 0.0659. The van der Waals surface area contributed by atoms with Crippen LogP contribution in [-0.4, -0.2) is 43.4 Å². The Balaban J connectivity index is 1.40. The Morgan fingerprint density at radius 1 is 1.41 bits per heavy atom. The van der Waals surface area contributed by atoms with Crippen molar-refractivity contribution in [2.75, 3.05) is 13.1 Å². The summed E-state index contributed by atoms with van der Waals surface area (Å²) in [7, 11) is 0. The number of carbonyl (C=O) groups is 1. The molecule has 1 aliphatic heterocycles. The van der Waals surface area contributed by atoms with E-state index in [1.165, 1.54) is 0 Å². The molecular formula is C21H25N5O2S. The Morgan fingerprint density at radius 3 is 3.07 bits per heavy atom. The number of aromatic nitrogens is 4. The van der Waals surface area contributed by atoms with E-state index in [1.807, 2.05) is 35.5 Å². The number of piperidine rings is 1. The number of likely N-dealkylation sites (tertiary alicyclic amines) is 1. The van der Waals surface area contributed by atoms with Gasteiger partial charge in [-0.2, -0.15) is 0 Å². The number of aromatic amines is 1. The maximum atomic E-state index is 12.7. The van der Waals surface area contributed by atoms with Crippen LogP contribution in [0.25, 0.3) is 10.6 Å². The molecule has 0 aromatic carbocycles. The number of nitrogens with zero attached hydrogens (tertiary/aromatic N) is 4. The van der Waals surface area contributed by atoms with Crippen LogP contribution in [0.4, 0.5) is 0 Å². The zero-order valence-corrected chi connectivity index (χ0v) is 17.3. The van der Waals surface area contributed by atoms with Crippen LogP contribution in [0, 0.1) is 6.92 Å². The van der Waals surface area contributed by atoms with Crippen molar-refractivity contribution in [3.05, 3.63) is 58.0 Å². The van der Waals surface area contributed by atoms with Crippen LogP contribution in [0.5, 0.6) is 0 Å². The van der Waals surface area contributed by atoms with Gasteiger partial charge in [0.2, 0.25) is 5.91 Å². The second-order valence-corrected chi connectivity index (χ2v) is 8.39. The lowest BCUT2D eigenvalue weighted by Gasteiger charge is -2.32. The van der Waals surface area contributed by atoms with Crippen molar-refractivity contribution in [1.29, 1.82) is 0 Å². The molecule has 1 fully saturated rings. The first-order valence-electron chi connectivity index (χ1n) is 10.0. The van der Waals surface area contributed by atoms with Crippen LogP contribution in [0.15, 0.2) is 40.8 Å². The van der Waals surface area contributed by atoms with Crippen LogP contribution in [0.2, 0.25) is 0 Å². The van der Waals surface area contributed by atoms with E-state index in [-0.39, 0.29) is 17.4 Å². The first kappa shape index (κ1) is 19.6. The van der Waals surface area contributed by atoms with E-state index in [9.17, 15) is 9.59 Å². The van der Waals surface area contributed by atoms with E-state index < -0.39 is 0 Å². The van der Waals surface area contributed by atoms with Gasteiger partial charge in [0, 0.05) is 50.4 Å². The third-order valence-corrected chi connectivity index (χ3v) is 6.30. The van der Waals surface area contributed by atoms with Gasteiger partial charge in [-0.25, -0.2) is 9.97 Å². The largest absolute Gasteiger partial charge is 0.342 e. The van der Waals surface area contributed by atoms with E-state index in [4.69, 9.17) is 4.98 Å². The summed E-state index contributed by atoms with van der Waals surface area (Å²) in [6.07, 6.45) is 6.88. The van der Waals surface area contributed by atoms with Gasteiger partial charge in [-0.3, -0.25) is 9.59 Å². The number of hydrogen-bond donors (Lipinski definition) is 1. The Labute approximate surface area is 173 Å². The first-order valence-corrected chi connectivity index (χ1v) is 10.9. The predicted octanol–water partition coefficient (Wildman–Crippen LogP) is 3.19. The minimum atomic E-state index is -0.141. The van der Waals surface area contributed by atoms with Crippen LogP contribution in [-0.2, 0) is 11.3 Å². The number of H-pyrrole nitrogens is 1. The zero-order valence-electron chi connectivity index (χ0n) is 16.5. The van der Waals surface area contributed by atoms with Crippen LogP contribution in [0.1, 0.15) is 43.3 Å². The molecule has 1 amide bonds. The monoisotopic (exact) mass is 411 g/mol. The molecule has 3 aromatic rings. The Hall–Kier alpha value is -2.74. The molecule has 29 heavy (non-hydrogen) atoms. The Bertz CT molecular complexity index is 1020. The van der Waals surface area contributed by atoms with Crippen molar-refractivity contribution in [3.8, 4) is 10.6 Å². The molecule has 0 unspecified atom stereocenters. The van der Waals surface area contributed by atoms with Gasteiger partial charge in [0.1, 0.15) is 11.6 Å². The minimum Gasteiger partial charge on any atom is -0.342 e. The van der Waals surface area contributed by atoms with Crippen molar-refractivity contribution in [3.63, 3.8) is 0 Å². The van der Waals surface area contributed by atoms with Crippen LogP contribution >= 0.6 is 11.3 Å². The molecule has 8 heteroatoms. The number of hydrogen-bond acceptors (Lipinski definition) is 5. The van der Waals surface area contributed by atoms with Gasteiger partial charge < -0.3 is 14.5 Å². The standard InChI is InChI=1S/C21H25N5O2S/c1-15-22-8-11-25(15)9-3-7-20(28)26-10-2-5-16(14-26)21-23-17(13-19(27)24-21)18-6-4-12-29-18/h4,6,8,11-13,16H,2-3,5,7,9-10,14H2,1H3,(H,23,24,27)/t16-/m0/s1. The molecule has 1 atom stereocenters. The highest BCUT2D eigenvalue weighted by Crippen LogP contribution is 2.27. The summed E-state index contributed by atoms with van der Waals surface area (Å²) in [4.78, 5) is 39.6. The highest BCUT2D eigenvalue weighted by Gasteiger charge is 2.26. The zero-order chi connectivity index (χ0) is 20.2. The highest BCUT2D eigenvalue weighted by atomic mass is 32.1. The molecule has 0 spiro atoms. The van der Waals surface area contributed by atoms with Gasteiger partial charge in [-0.15, -0.1) is 11.3 Å². The molecule has 1 saturated heterocycles. The smallest absolute Gasteiger partial charge is 0.251 e. The number of aryl methyl sites for hydroxylation is 2. The van der Waals surface area contributed by atoms with E-state index in [0.29, 0.717) is 24.5 Å². The summed E-state index contributed by atoms with van der Waals surface area (Å²) in [5, 5.41) is 1.98. The van der Waals surface area contributed by atoms with E-state index in [2.05, 4.69) is 14.5 Å². The van der Waals surface area contributed by atoms with Crippen molar-refractivity contribution in [2.45, 2.75) is 45.1 Å². The molecule has 1 aliphatic rings. The topological polar surface area (TPSA) is 83.9 Å². The molecule has 152 valence electrons. The normalized spacial score (nSPS) is 16.9. The fourth-order valence-corrected chi connectivity index (χ4v) is 4.53. The molecule has 0 radical (unpaired) electrons. The van der Waals surface area contributed by atoms with Gasteiger partial charge in [0.25, 0.3) is 5.56 Å². The van der Waals surface area contributed by atoms with Crippen molar-refractivity contribution in [1.82, 2.24) is 24.4 Å². The molecule has 0 aliphatic carbocycles. The lowest BCUT2D eigenvalue weighted by Crippen LogP contribution is -2.39. The number of imidazole rings is 1. The van der Waals surface area contributed by atoms with Gasteiger partial charge in [0.05, 0.1) is 10.6 Å². The molecule has 4 rings (SSSR count). The number of amides is 1. The maximum absolute atomic E-state index is 12.7. The van der Waals surface area contributed by atoms with Crippen molar-refractivity contribution in [2.24, 2.45) is 0 Å². The number of thiophene rings is 1. The number of rotatable bonds is 6. The molecule has 7 nitrogen and oxygen atoms in total. The lowest BCUT2D eigenvalue weighted by molar-refractivity contribution is -0.132. The molecule has 1 N–H and O–H groups in total. The van der Waals surface area contributed by atoms with Crippen LogP contribution in [0.3, 0.4) is 0 Å². The third kappa shape index (κ3) is 4.64. The summed E-state index contributed by atoms with van der Waals surface area (Å²) in [5.41, 5.74) is 0.565. The van der Waals surface area contributed by atoms with Gasteiger partial charge in [0.15, 0.2) is 0 Å². The molecule has 4 heterocycles. The summed E-state index contributed by atoms with van der Waals surface area (Å²) in [5.74, 6) is 1.89. The molecule has 0 bridgehead atoms. The van der Waals surface area contributed by atoms with E-state index in [1.54, 1.807) is 23.6 Å². The van der Waals surface area contributed by atoms with Crippen molar-refractivity contribution >= 4 is 17.2 Å². The SMILES string of the molecule is Cc1nccn1CCCC(=O)N1CCC[C@H](c2nc(-c3cccs3)cc(=O)[nH]2)C1. The van der Waals surface area contributed by atoms with Gasteiger partial charge >= 0.3 is 0 Å². The average molecular weight is 412 g/mol. The van der Waals surface area contributed by atoms with E-state index in [0.717, 1.165) is 43.1 Å². The van der Waals surface area contributed by atoms with Gasteiger partial charge in [-0.05, 0) is 37.6 Å². The van der Waals surface area contributed by atoms with Crippen molar-refractivity contribution < 1.29 is 4.79 Å². The summed E-state index contributed by atoms with van der Waals surface area (Å²) in [6, 6.07) is 5.46. The van der Waals surface area contributed by atoms with Gasteiger partial charge in [-0.1, -0.05) is 6.07 Å². The number of carbonyl (C=O) groups excluding carboxylic acids is 1. The second kappa shape index (κ2) is 8.73. The second-order valence-electron chi connectivity index (χ2n) is 7.44. The van der Waals surface area contributed by atoms with E-state index >= 15 is 0 Å². The Kier molecular flexibility index (Phi) is 5.89. The third-order valence-electron chi connectivity index (χ3n) is 5.41. The summed E-state index contributed by atoms with van der Waals surface area (Å²) >= 11 is 1.57. The maximum Gasteiger partial charge on any atom is 0.251 e. The molecule has 0 saturated carbocycles. The fraction of sp³-hybridized carbons (Fsp3) is 0.429. The summed E-state index contributed by atoms with van der Waals surface area (Å²) < 4.78 is 2.07.